The van der Waals surface area contributed by atoms with E-state index >= 15 is 0 Å². The van der Waals surface area contributed by atoms with Crippen LogP contribution in [0.2, 0.25) is 0 Å². The molecule has 3 N–H and O–H groups in total. The third kappa shape index (κ3) is 2.18. The van der Waals surface area contributed by atoms with Crippen LogP contribution in [0.4, 0.5) is 10.1 Å². The fourth-order valence-electron chi connectivity index (χ4n) is 1.82. The molecule has 0 atom stereocenters. The molecule has 5 heteroatoms. The summed E-state index contributed by atoms with van der Waals surface area (Å²) in [4.78, 5) is 4.29. The molecule has 1 heterocycles. The summed E-state index contributed by atoms with van der Waals surface area (Å²) in [6.07, 6.45) is 0. The van der Waals surface area contributed by atoms with Gasteiger partial charge in [0.05, 0.1) is 5.56 Å². The maximum absolute atomic E-state index is 13.7. The van der Waals surface area contributed by atoms with Crippen LogP contribution in [0.3, 0.4) is 0 Å². The Morgan fingerprint density at radius 1 is 1.05 bits per heavy atom. The number of benzene rings is 2. The van der Waals surface area contributed by atoms with Gasteiger partial charge in [-0.3, -0.25) is 5.10 Å². The molecule has 0 saturated heterocycles. The standard InChI is InChI=1S/C14H11FN4/c15-12-7-6-10(16)8-11(12)14-17-13(18-19-14)9-4-2-1-3-5-9/h1-8H,16H2,(H,17,18,19). The Balaban J connectivity index is 2.04. The monoisotopic (exact) mass is 254 g/mol. The summed E-state index contributed by atoms with van der Waals surface area (Å²) in [6, 6.07) is 13.8. The molecule has 0 bridgehead atoms. The second kappa shape index (κ2) is 4.53. The maximum Gasteiger partial charge on any atom is 0.181 e. The Kier molecular flexibility index (Phi) is 2.72. The summed E-state index contributed by atoms with van der Waals surface area (Å²) < 4.78 is 13.7. The molecule has 0 radical (unpaired) electrons. The number of hydrogen-bond donors (Lipinski definition) is 2. The minimum atomic E-state index is -0.384. The van der Waals surface area contributed by atoms with Gasteiger partial charge in [0.15, 0.2) is 11.6 Å². The van der Waals surface area contributed by atoms with Gasteiger partial charge in [0.1, 0.15) is 5.82 Å². The minimum Gasteiger partial charge on any atom is -0.399 e. The molecular weight excluding hydrogens is 243 g/mol. The number of hydrogen-bond acceptors (Lipinski definition) is 3. The summed E-state index contributed by atoms with van der Waals surface area (Å²) in [5.41, 5.74) is 7.32. The Morgan fingerprint density at radius 2 is 1.84 bits per heavy atom. The molecule has 0 aliphatic carbocycles. The molecule has 0 amide bonds. The molecule has 0 aliphatic heterocycles. The highest BCUT2D eigenvalue weighted by Gasteiger charge is 2.11. The largest absolute Gasteiger partial charge is 0.399 e. The first-order chi connectivity index (χ1) is 9.24. The van der Waals surface area contributed by atoms with Crippen molar-refractivity contribution in [3.63, 3.8) is 0 Å². The van der Waals surface area contributed by atoms with Crippen molar-refractivity contribution in [3.8, 4) is 22.8 Å². The number of nitrogen functional groups attached to an aromatic ring is 1. The lowest BCUT2D eigenvalue weighted by Crippen LogP contribution is -1.91. The van der Waals surface area contributed by atoms with Crippen molar-refractivity contribution in [2.24, 2.45) is 0 Å². The zero-order valence-electron chi connectivity index (χ0n) is 9.97. The van der Waals surface area contributed by atoms with E-state index in [1.807, 2.05) is 30.3 Å². The number of nitrogens with zero attached hydrogens (tertiary/aromatic N) is 2. The van der Waals surface area contributed by atoms with Gasteiger partial charge in [-0.25, -0.2) is 9.37 Å². The van der Waals surface area contributed by atoms with E-state index in [-0.39, 0.29) is 5.82 Å². The van der Waals surface area contributed by atoms with Crippen molar-refractivity contribution in [2.75, 3.05) is 5.73 Å². The molecule has 3 aromatic rings. The number of H-pyrrole nitrogens is 1. The molecule has 1 aromatic heterocycles. The topological polar surface area (TPSA) is 67.6 Å². The SMILES string of the molecule is Nc1ccc(F)c(-c2nc(-c3ccccc3)n[nH]2)c1. The predicted molar refractivity (Wildman–Crippen MR) is 71.6 cm³/mol. The predicted octanol–water partition coefficient (Wildman–Crippen LogP) is 2.86. The van der Waals surface area contributed by atoms with Gasteiger partial charge in [0.2, 0.25) is 0 Å². The van der Waals surface area contributed by atoms with Crippen molar-refractivity contribution in [3.05, 3.63) is 54.3 Å². The highest BCUT2D eigenvalue weighted by atomic mass is 19.1. The lowest BCUT2D eigenvalue weighted by atomic mass is 10.2. The van der Waals surface area contributed by atoms with Gasteiger partial charge < -0.3 is 5.73 Å². The lowest BCUT2D eigenvalue weighted by molar-refractivity contribution is 0.630. The van der Waals surface area contributed by atoms with Crippen LogP contribution in [-0.4, -0.2) is 15.2 Å². The quantitative estimate of drug-likeness (QED) is 0.691. The van der Waals surface area contributed by atoms with Crippen molar-refractivity contribution < 1.29 is 4.39 Å². The van der Waals surface area contributed by atoms with E-state index in [1.54, 1.807) is 0 Å². The number of anilines is 1. The first-order valence-electron chi connectivity index (χ1n) is 5.77. The van der Waals surface area contributed by atoms with E-state index < -0.39 is 0 Å². The second-order valence-electron chi connectivity index (χ2n) is 4.11. The Bertz CT molecular complexity index is 706. The Labute approximate surface area is 109 Å². The van der Waals surface area contributed by atoms with Crippen LogP contribution < -0.4 is 5.73 Å². The first-order valence-corrected chi connectivity index (χ1v) is 5.77. The normalized spacial score (nSPS) is 10.6. The summed E-state index contributed by atoms with van der Waals surface area (Å²) in [6.45, 7) is 0. The number of halogens is 1. The minimum absolute atomic E-state index is 0.315. The number of aromatic amines is 1. The molecule has 0 saturated carbocycles. The average Bonchev–Trinajstić information content (AvgIpc) is 2.92. The molecule has 4 nitrogen and oxygen atoms in total. The van der Waals surface area contributed by atoms with E-state index in [0.717, 1.165) is 5.56 Å². The number of nitrogens with one attached hydrogen (secondary N) is 1. The van der Waals surface area contributed by atoms with E-state index in [4.69, 9.17) is 5.73 Å². The van der Waals surface area contributed by atoms with Gasteiger partial charge in [0.25, 0.3) is 0 Å². The van der Waals surface area contributed by atoms with E-state index in [0.29, 0.717) is 22.9 Å². The molecule has 0 unspecified atom stereocenters. The van der Waals surface area contributed by atoms with Gasteiger partial charge in [-0.1, -0.05) is 30.3 Å². The highest BCUT2D eigenvalue weighted by Crippen LogP contribution is 2.24. The fraction of sp³-hybridized carbons (Fsp3) is 0. The van der Waals surface area contributed by atoms with Crippen LogP contribution in [0.15, 0.2) is 48.5 Å². The zero-order chi connectivity index (χ0) is 13.2. The Hall–Kier alpha value is -2.69. The first kappa shape index (κ1) is 11.4. The zero-order valence-corrected chi connectivity index (χ0v) is 9.97. The van der Waals surface area contributed by atoms with Crippen LogP contribution in [0.5, 0.6) is 0 Å². The summed E-state index contributed by atoms with van der Waals surface area (Å²) in [5.74, 6) is 0.506. The smallest absolute Gasteiger partial charge is 0.181 e. The molecule has 2 aromatic carbocycles. The van der Waals surface area contributed by atoms with Gasteiger partial charge in [-0.2, -0.15) is 5.10 Å². The third-order valence-electron chi connectivity index (χ3n) is 2.76. The van der Waals surface area contributed by atoms with Gasteiger partial charge in [-0.05, 0) is 18.2 Å². The van der Waals surface area contributed by atoms with E-state index in [9.17, 15) is 4.39 Å². The van der Waals surface area contributed by atoms with Gasteiger partial charge in [-0.15, -0.1) is 0 Å². The summed E-state index contributed by atoms with van der Waals surface area (Å²) >= 11 is 0. The second-order valence-corrected chi connectivity index (χ2v) is 4.11. The van der Waals surface area contributed by atoms with Crippen LogP contribution in [0.1, 0.15) is 0 Å². The van der Waals surface area contributed by atoms with Crippen LogP contribution in [-0.2, 0) is 0 Å². The molecular formula is C14H11FN4. The van der Waals surface area contributed by atoms with Gasteiger partial charge >= 0.3 is 0 Å². The van der Waals surface area contributed by atoms with E-state index in [2.05, 4.69) is 15.2 Å². The molecule has 94 valence electrons. The fourth-order valence-corrected chi connectivity index (χ4v) is 1.82. The van der Waals surface area contributed by atoms with Gasteiger partial charge in [0, 0.05) is 11.3 Å². The van der Waals surface area contributed by atoms with Crippen molar-refractivity contribution in [1.82, 2.24) is 15.2 Å². The molecule has 0 fully saturated rings. The van der Waals surface area contributed by atoms with Crippen LogP contribution in [0, 0.1) is 5.82 Å². The molecule has 3 rings (SSSR count). The number of rotatable bonds is 2. The van der Waals surface area contributed by atoms with Crippen molar-refractivity contribution >= 4 is 5.69 Å². The van der Waals surface area contributed by atoms with E-state index in [1.165, 1.54) is 18.2 Å². The van der Waals surface area contributed by atoms with Crippen molar-refractivity contribution in [2.45, 2.75) is 0 Å². The third-order valence-corrected chi connectivity index (χ3v) is 2.76. The van der Waals surface area contributed by atoms with Crippen LogP contribution >= 0.6 is 0 Å². The highest BCUT2D eigenvalue weighted by molar-refractivity contribution is 5.64. The average molecular weight is 254 g/mol. The molecule has 0 aliphatic rings. The summed E-state index contributed by atoms with van der Waals surface area (Å²) in [5, 5.41) is 6.82. The summed E-state index contributed by atoms with van der Waals surface area (Å²) in [7, 11) is 0. The molecule has 0 spiro atoms. The number of nitrogens with two attached hydrogens (primary N) is 1. The maximum atomic E-state index is 13.7. The molecule has 19 heavy (non-hydrogen) atoms. The van der Waals surface area contributed by atoms with Crippen LogP contribution in [0.25, 0.3) is 22.8 Å². The lowest BCUT2D eigenvalue weighted by Gasteiger charge is -1.99. The number of aromatic nitrogens is 3. The van der Waals surface area contributed by atoms with Crippen molar-refractivity contribution in [1.29, 1.82) is 0 Å². The Morgan fingerprint density at radius 3 is 2.63 bits per heavy atom.